The molecule has 1 saturated heterocycles. The van der Waals surface area contributed by atoms with E-state index in [1.807, 2.05) is 4.90 Å². The van der Waals surface area contributed by atoms with Gasteiger partial charge in [-0.2, -0.15) is 0 Å². The average molecular weight is 277 g/mol. The maximum absolute atomic E-state index is 13.1. The van der Waals surface area contributed by atoms with Crippen LogP contribution < -0.4 is 0 Å². The molecule has 108 valence electrons. The lowest BCUT2D eigenvalue weighted by atomic mass is 10.0. The minimum atomic E-state index is -0.314. The summed E-state index contributed by atoms with van der Waals surface area (Å²) < 4.78 is 13.1. The number of hydrogen-bond donors (Lipinski definition) is 0. The Kier molecular flexibility index (Phi) is 4.88. The second-order valence-electron chi connectivity index (χ2n) is 5.33. The molecule has 20 heavy (non-hydrogen) atoms. The maximum Gasteiger partial charge on any atom is 0.223 e. The van der Waals surface area contributed by atoms with E-state index in [0.29, 0.717) is 11.1 Å². The highest BCUT2D eigenvalue weighted by Gasteiger charge is 2.18. The molecule has 0 N–H and O–H groups in total. The third-order valence-electron chi connectivity index (χ3n) is 3.75. The Bertz CT molecular complexity index is 507. The molecule has 0 aliphatic carbocycles. The van der Waals surface area contributed by atoms with Gasteiger partial charge in [0.1, 0.15) is 5.82 Å². The smallest absolute Gasteiger partial charge is 0.223 e. The molecule has 1 heterocycles. The van der Waals surface area contributed by atoms with Crippen molar-refractivity contribution < 1.29 is 14.0 Å². The van der Waals surface area contributed by atoms with Gasteiger partial charge in [0.15, 0.2) is 5.78 Å². The molecule has 2 rings (SSSR count). The first-order chi connectivity index (χ1) is 9.58. The highest BCUT2D eigenvalue weighted by atomic mass is 19.1. The van der Waals surface area contributed by atoms with Crippen LogP contribution in [0.25, 0.3) is 0 Å². The molecular formula is C16H20FNO2. The van der Waals surface area contributed by atoms with Gasteiger partial charge in [0.25, 0.3) is 0 Å². The number of carbonyl (C=O) groups is 2. The lowest BCUT2D eigenvalue weighted by Crippen LogP contribution is -2.35. The number of rotatable bonds is 4. The highest BCUT2D eigenvalue weighted by Crippen LogP contribution is 2.14. The number of halogens is 1. The number of piperidine rings is 1. The number of ketones is 1. The first kappa shape index (κ1) is 14.7. The van der Waals surface area contributed by atoms with E-state index in [0.717, 1.165) is 25.9 Å². The van der Waals surface area contributed by atoms with Crippen molar-refractivity contribution in [3.63, 3.8) is 0 Å². The van der Waals surface area contributed by atoms with Crippen molar-refractivity contribution in [2.24, 2.45) is 0 Å². The molecule has 0 bridgehead atoms. The van der Waals surface area contributed by atoms with Crippen LogP contribution in [0.1, 0.15) is 48.0 Å². The second kappa shape index (κ2) is 6.64. The third-order valence-corrected chi connectivity index (χ3v) is 3.75. The lowest BCUT2D eigenvalue weighted by molar-refractivity contribution is -0.132. The fourth-order valence-electron chi connectivity index (χ4n) is 2.48. The molecule has 4 heteroatoms. The van der Waals surface area contributed by atoms with E-state index in [4.69, 9.17) is 0 Å². The Hall–Kier alpha value is -1.71. The summed E-state index contributed by atoms with van der Waals surface area (Å²) in [5.74, 6) is -0.360. The van der Waals surface area contributed by atoms with Gasteiger partial charge in [-0.25, -0.2) is 4.39 Å². The minimum Gasteiger partial charge on any atom is -0.343 e. The molecule has 1 aromatic carbocycles. The van der Waals surface area contributed by atoms with E-state index in [-0.39, 0.29) is 30.3 Å². The van der Waals surface area contributed by atoms with E-state index in [1.165, 1.54) is 18.6 Å². The standard InChI is InChI=1S/C16H20FNO2/c1-12-11-13(5-6-14(12)17)15(19)7-8-16(20)18-9-3-2-4-10-18/h5-6,11H,2-4,7-10H2,1H3. The fraction of sp³-hybridized carbons (Fsp3) is 0.500. The number of amides is 1. The normalized spacial score (nSPS) is 15.2. The molecule has 0 radical (unpaired) electrons. The van der Waals surface area contributed by atoms with E-state index >= 15 is 0 Å². The maximum atomic E-state index is 13.1. The highest BCUT2D eigenvalue weighted by molar-refractivity contribution is 5.98. The Morgan fingerprint density at radius 1 is 1.15 bits per heavy atom. The predicted octanol–water partition coefficient (Wildman–Crippen LogP) is 3.11. The zero-order valence-electron chi connectivity index (χ0n) is 11.8. The van der Waals surface area contributed by atoms with Crippen molar-refractivity contribution in [3.05, 3.63) is 35.1 Å². The summed E-state index contributed by atoms with van der Waals surface area (Å²) in [5, 5.41) is 0. The predicted molar refractivity (Wildman–Crippen MR) is 75.1 cm³/mol. The second-order valence-corrected chi connectivity index (χ2v) is 5.33. The van der Waals surface area contributed by atoms with Gasteiger partial charge in [-0.1, -0.05) is 0 Å². The molecule has 0 unspecified atom stereocenters. The van der Waals surface area contributed by atoms with Crippen LogP contribution in [0.2, 0.25) is 0 Å². The summed E-state index contributed by atoms with van der Waals surface area (Å²) >= 11 is 0. The quantitative estimate of drug-likeness (QED) is 0.793. The number of nitrogens with zero attached hydrogens (tertiary/aromatic N) is 1. The first-order valence-electron chi connectivity index (χ1n) is 7.15. The number of hydrogen-bond acceptors (Lipinski definition) is 2. The van der Waals surface area contributed by atoms with Crippen LogP contribution in [0.15, 0.2) is 18.2 Å². The molecule has 0 atom stereocenters. The van der Waals surface area contributed by atoms with Crippen LogP contribution in [-0.4, -0.2) is 29.7 Å². The average Bonchev–Trinajstić information content (AvgIpc) is 2.48. The summed E-state index contributed by atoms with van der Waals surface area (Å²) in [6, 6.07) is 4.33. The van der Waals surface area contributed by atoms with Gasteiger partial charge in [0.2, 0.25) is 5.91 Å². The molecule has 1 aliphatic heterocycles. The van der Waals surface area contributed by atoms with Gasteiger partial charge in [0.05, 0.1) is 0 Å². The fourth-order valence-corrected chi connectivity index (χ4v) is 2.48. The van der Waals surface area contributed by atoms with Gasteiger partial charge >= 0.3 is 0 Å². The van der Waals surface area contributed by atoms with Crippen molar-refractivity contribution in [1.29, 1.82) is 0 Å². The summed E-state index contributed by atoms with van der Waals surface area (Å²) in [6.45, 7) is 3.25. The lowest BCUT2D eigenvalue weighted by Gasteiger charge is -2.26. The van der Waals surface area contributed by atoms with Crippen LogP contribution in [0.4, 0.5) is 4.39 Å². The molecule has 0 spiro atoms. The molecule has 1 aliphatic rings. The van der Waals surface area contributed by atoms with Crippen LogP contribution in [0.3, 0.4) is 0 Å². The van der Waals surface area contributed by atoms with Crippen molar-refractivity contribution in [1.82, 2.24) is 4.90 Å². The molecule has 1 aromatic rings. The van der Waals surface area contributed by atoms with Crippen LogP contribution in [0, 0.1) is 12.7 Å². The van der Waals surface area contributed by atoms with Crippen molar-refractivity contribution in [2.45, 2.75) is 39.0 Å². The zero-order chi connectivity index (χ0) is 14.5. The van der Waals surface area contributed by atoms with E-state index in [9.17, 15) is 14.0 Å². The number of Topliss-reactive ketones (excluding diaryl/α,β-unsaturated/α-hetero) is 1. The van der Waals surface area contributed by atoms with Crippen molar-refractivity contribution in [2.75, 3.05) is 13.1 Å². The summed E-state index contributed by atoms with van der Waals surface area (Å²) in [7, 11) is 0. The SMILES string of the molecule is Cc1cc(C(=O)CCC(=O)N2CCCCC2)ccc1F. The monoisotopic (exact) mass is 277 g/mol. The van der Waals surface area contributed by atoms with E-state index < -0.39 is 0 Å². The van der Waals surface area contributed by atoms with Gasteiger partial charge < -0.3 is 4.90 Å². The van der Waals surface area contributed by atoms with Crippen LogP contribution in [0.5, 0.6) is 0 Å². The minimum absolute atomic E-state index is 0.0527. The molecule has 1 fully saturated rings. The van der Waals surface area contributed by atoms with E-state index in [1.54, 1.807) is 13.0 Å². The Balaban J connectivity index is 1.88. The summed E-state index contributed by atoms with van der Waals surface area (Å²) in [5.41, 5.74) is 0.938. The molecule has 3 nitrogen and oxygen atoms in total. The van der Waals surface area contributed by atoms with E-state index in [2.05, 4.69) is 0 Å². The van der Waals surface area contributed by atoms with Crippen molar-refractivity contribution >= 4 is 11.7 Å². The van der Waals surface area contributed by atoms with Gasteiger partial charge in [-0.15, -0.1) is 0 Å². The van der Waals surface area contributed by atoms with Gasteiger partial charge in [0, 0.05) is 31.5 Å². The first-order valence-corrected chi connectivity index (χ1v) is 7.15. The molecule has 0 aromatic heterocycles. The Labute approximate surface area is 118 Å². The Morgan fingerprint density at radius 2 is 1.85 bits per heavy atom. The summed E-state index contributed by atoms with van der Waals surface area (Å²) in [4.78, 5) is 25.8. The largest absolute Gasteiger partial charge is 0.343 e. The van der Waals surface area contributed by atoms with Gasteiger partial charge in [-0.3, -0.25) is 9.59 Å². The topological polar surface area (TPSA) is 37.4 Å². The number of aryl methyl sites for hydroxylation is 1. The van der Waals surface area contributed by atoms with Crippen molar-refractivity contribution in [3.8, 4) is 0 Å². The number of likely N-dealkylation sites (tertiary alicyclic amines) is 1. The number of carbonyl (C=O) groups excluding carboxylic acids is 2. The molecule has 1 amide bonds. The molecular weight excluding hydrogens is 257 g/mol. The van der Waals surface area contributed by atoms with Crippen LogP contribution >= 0.6 is 0 Å². The third kappa shape index (κ3) is 3.65. The Morgan fingerprint density at radius 3 is 2.50 bits per heavy atom. The van der Waals surface area contributed by atoms with Gasteiger partial charge in [-0.05, 0) is 49.9 Å². The molecule has 0 saturated carbocycles. The zero-order valence-corrected chi connectivity index (χ0v) is 11.8. The van der Waals surface area contributed by atoms with Crippen LogP contribution in [-0.2, 0) is 4.79 Å². The number of benzene rings is 1. The summed E-state index contributed by atoms with van der Waals surface area (Å²) in [6.07, 6.45) is 3.72.